The van der Waals surface area contributed by atoms with Crippen LogP contribution in [0.2, 0.25) is 5.02 Å². The Morgan fingerprint density at radius 2 is 1.65 bits per heavy atom. The molecule has 26 heavy (non-hydrogen) atoms. The standard InChI is InChI=1S/C21H16ClN3O/c1-26-15-11-12-18-16(13-15)21(24-19-10-6-5-9-17(19)22)25-20(23-18)14-7-3-2-4-8-14/h2-13H,1H3,(H,23,24,25). The number of ether oxygens (including phenoxy) is 1. The van der Waals surface area contributed by atoms with Gasteiger partial charge in [-0.25, -0.2) is 9.97 Å². The number of aromatic nitrogens is 2. The van der Waals surface area contributed by atoms with Gasteiger partial charge < -0.3 is 10.1 Å². The van der Waals surface area contributed by atoms with E-state index in [1.165, 1.54) is 0 Å². The fourth-order valence-corrected chi connectivity index (χ4v) is 2.92. The highest BCUT2D eigenvalue weighted by molar-refractivity contribution is 6.33. The van der Waals surface area contributed by atoms with E-state index in [0.717, 1.165) is 27.9 Å². The van der Waals surface area contributed by atoms with E-state index in [9.17, 15) is 0 Å². The summed E-state index contributed by atoms with van der Waals surface area (Å²) in [4.78, 5) is 9.45. The van der Waals surface area contributed by atoms with Gasteiger partial charge in [-0.1, -0.05) is 54.1 Å². The maximum Gasteiger partial charge on any atom is 0.162 e. The predicted octanol–water partition coefficient (Wildman–Crippen LogP) is 5.70. The largest absolute Gasteiger partial charge is 0.497 e. The maximum absolute atomic E-state index is 6.31. The van der Waals surface area contributed by atoms with Crippen molar-refractivity contribution >= 4 is 34.0 Å². The number of methoxy groups -OCH3 is 1. The Balaban J connectivity index is 1.91. The monoisotopic (exact) mass is 361 g/mol. The third-order valence-electron chi connectivity index (χ3n) is 4.06. The number of halogens is 1. The molecule has 4 nitrogen and oxygen atoms in total. The van der Waals surface area contributed by atoms with E-state index in [1.54, 1.807) is 7.11 Å². The first-order valence-corrected chi connectivity index (χ1v) is 8.55. The quantitative estimate of drug-likeness (QED) is 0.506. The van der Waals surface area contributed by atoms with E-state index in [2.05, 4.69) is 5.32 Å². The van der Waals surface area contributed by atoms with Gasteiger partial charge in [-0.2, -0.15) is 0 Å². The molecule has 0 amide bonds. The minimum Gasteiger partial charge on any atom is -0.497 e. The van der Waals surface area contributed by atoms with Crippen molar-refractivity contribution < 1.29 is 4.74 Å². The van der Waals surface area contributed by atoms with Crippen LogP contribution in [0, 0.1) is 0 Å². The molecule has 0 atom stereocenters. The zero-order chi connectivity index (χ0) is 17.9. The molecule has 0 saturated heterocycles. The second-order valence-corrected chi connectivity index (χ2v) is 6.16. The van der Waals surface area contributed by atoms with Gasteiger partial charge in [0.15, 0.2) is 5.82 Å². The Hall–Kier alpha value is -3.11. The van der Waals surface area contributed by atoms with Gasteiger partial charge in [-0.3, -0.25) is 0 Å². The molecular weight excluding hydrogens is 346 g/mol. The van der Waals surface area contributed by atoms with Crippen molar-refractivity contribution in [2.75, 3.05) is 12.4 Å². The summed E-state index contributed by atoms with van der Waals surface area (Å²) >= 11 is 6.31. The average molecular weight is 362 g/mol. The van der Waals surface area contributed by atoms with Gasteiger partial charge in [0, 0.05) is 10.9 Å². The molecular formula is C21H16ClN3O. The summed E-state index contributed by atoms with van der Waals surface area (Å²) in [6.07, 6.45) is 0. The predicted molar refractivity (Wildman–Crippen MR) is 106 cm³/mol. The smallest absolute Gasteiger partial charge is 0.162 e. The van der Waals surface area contributed by atoms with Crippen molar-refractivity contribution in [1.29, 1.82) is 0 Å². The molecule has 0 aliphatic heterocycles. The zero-order valence-corrected chi connectivity index (χ0v) is 14.9. The van der Waals surface area contributed by atoms with Crippen LogP contribution in [0.5, 0.6) is 5.75 Å². The van der Waals surface area contributed by atoms with Crippen LogP contribution in [0.1, 0.15) is 0 Å². The molecule has 0 spiro atoms. The molecule has 0 bridgehead atoms. The Kier molecular flexibility index (Phi) is 4.42. The van der Waals surface area contributed by atoms with Gasteiger partial charge in [-0.05, 0) is 30.3 Å². The first-order valence-electron chi connectivity index (χ1n) is 8.17. The summed E-state index contributed by atoms with van der Waals surface area (Å²) in [6, 6.07) is 23.2. The van der Waals surface area contributed by atoms with Crippen molar-refractivity contribution in [2.45, 2.75) is 0 Å². The molecule has 0 aliphatic carbocycles. The fraction of sp³-hybridized carbons (Fsp3) is 0.0476. The summed E-state index contributed by atoms with van der Waals surface area (Å²) in [5.74, 6) is 2.08. The molecule has 1 N–H and O–H groups in total. The van der Waals surface area contributed by atoms with Crippen molar-refractivity contribution in [3.05, 3.63) is 77.8 Å². The maximum atomic E-state index is 6.31. The van der Waals surface area contributed by atoms with E-state index < -0.39 is 0 Å². The minimum absolute atomic E-state index is 0.628. The highest BCUT2D eigenvalue weighted by Gasteiger charge is 2.12. The summed E-state index contributed by atoms with van der Waals surface area (Å²) in [5, 5.41) is 4.83. The minimum atomic E-state index is 0.628. The Bertz CT molecular complexity index is 1070. The number of hydrogen-bond donors (Lipinski definition) is 1. The molecule has 4 aromatic rings. The summed E-state index contributed by atoms with van der Waals surface area (Å²) in [7, 11) is 1.64. The number of fused-ring (bicyclic) bond motifs is 1. The van der Waals surface area contributed by atoms with E-state index >= 15 is 0 Å². The molecule has 0 fully saturated rings. The lowest BCUT2D eigenvalue weighted by atomic mass is 10.1. The molecule has 0 radical (unpaired) electrons. The normalized spacial score (nSPS) is 10.7. The lowest BCUT2D eigenvalue weighted by Crippen LogP contribution is -2.00. The second-order valence-electron chi connectivity index (χ2n) is 5.75. The van der Waals surface area contributed by atoms with E-state index in [4.69, 9.17) is 26.3 Å². The first-order chi connectivity index (χ1) is 12.7. The van der Waals surface area contributed by atoms with Crippen molar-refractivity contribution in [2.24, 2.45) is 0 Å². The fourth-order valence-electron chi connectivity index (χ4n) is 2.74. The molecule has 1 aromatic heterocycles. The van der Waals surface area contributed by atoms with Crippen LogP contribution in [0.15, 0.2) is 72.8 Å². The van der Waals surface area contributed by atoms with Gasteiger partial charge in [0.05, 0.1) is 23.3 Å². The van der Waals surface area contributed by atoms with Gasteiger partial charge >= 0.3 is 0 Å². The highest BCUT2D eigenvalue weighted by atomic mass is 35.5. The van der Waals surface area contributed by atoms with Crippen LogP contribution in [-0.2, 0) is 0 Å². The Morgan fingerprint density at radius 1 is 0.885 bits per heavy atom. The van der Waals surface area contributed by atoms with Gasteiger partial charge in [-0.15, -0.1) is 0 Å². The van der Waals surface area contributed by atoms with E-state index in [-0.39, 0.29) is 0 Å². The van der Waals surface area contributed by atoms with Gasteiger partial charge in [0.2, 0.25) is 0 Å². The molecule has 0 aliphatic rings. The molecule has 128 valence electrons. The topological polar surface area (TPSA) is 47.0 Å². The SMILES string of the molecule is COc1ccc2nc(-c3ccccc3)nc(Nc3ccccc3Cl)c2c1. The third kappa shape index (κ3) is 3.19. The Morgan fingerprint density at radius 3 is 2.42 bits per heavy atom. The van der Waals surface area contributed by atoms with Crippen molar-refractivity contribution in [3.8, 4) is 17.1 Å². The van der Waals surface area contributed by atoms with E-state index in [1.807, 2.05) is 72.8 Å². The summed E-state index contributed by atoms with van der Waals surface area (Å²) < 4.78 is 5.36. The summed E-state index contributed by atoms with van der Waals surface area (Å²) in [5.41, 5.74) is 2.57. The van der Waals surface area contributed by atoms with E-state index in [0.29, 0.717) is 16.7 Å². The first kappa shape index (κ1) is 16.4. The number of nitrogens with one attached hydrogen (secondary N) is 1. The van der Waals surface area contributed by atoms with Gasteiger partial charge in [0.25, 0.3) is 0 Å². The molecule has 1 heterocycles. The third-order valence-corrected chi connectivity index (χ3v) is 4.39. The number of benzene rings is 3. The number of anilines is 2. The average Bonchev–Trinajstić information content (AvgIpc) is 2.70. The number of rotatable bonds is 4. The Labute approximate surface area is 156 Å². The number of hydrogen-bond acceptors (Lipinski definition) is 4. The molecule has 3 aromatic carbocycles. The summed E-state index contributed by atoms with van der Waals surface area (Å²) in [6.45, 7) is 0. The molecule has 0 saturated carbocycles. The molecule has 0 unspecified atom stereocenters. The number of para-hydroxylation sites is 1. The van der Waals surface area contributed by atoms with Gasteiger partial charge in [0.1, 0.15) is 11.6 Å². The lowest BCUT2D eigenvalue weighted by Gasteiger charge is -2.13. The van der Waals surface area contributed by atoms with Crippen LogP contribution < -0.4 is 10.1 Å². The van der Waals surface area contributed by atoms with Crippen LogP contribution in [0.4, 0.5) is 11.5 Å². The molecule has 4 rings (SSSR count). The van der Waals surface area contributed by atoms with Crippen LogP contribution in [-0.4, -0.2) is 17.1 Å². The highest BCUT2D eigenvalue weighted by Crippen LogP contribution is 2.32. The van der Waals surface area contributed by atoms with Crippen LogP contribution in [0.25, 0.3) is 22.3 Å². The number of nitrogens with zero attached hydrogens (tertiary/aromatic N) is 2. The zero-order valence-electron chi connectivity index (χ0n) is 14.1. The van der Waals surface area contributed by atoms with Crippen LogP contribution in [0.3, 0.4) is 0 Å². The molecule has 5 heteroatoms. The lowest BCUT2D eigenvalue weighted by molar-refractivity contribution is 0.415. The van der Waals surface area contributed by atoms with Crippen molar-refractivity contribution in [3.63, 3.8) is 0 Å². The van der Waals surface area contributed by atoms with Crippen LogP contribution >= 0.6 is 11.6 Å². The second kappa shape index (κ2) is 7.02. The van der Waals surface area contributed by atoms with Crippen molar-refractivity contribution in [1.82, 2.24) is 9.97 Å².